The van der Waals surface area contributed by atoms with Crippen LogP contribution in [0.3, 0.4) is 0 Å². The smallest absolute Gasteiger partial charge is 0.422 e. The lowest BCUT2D eigenvalue weighted by atomic mass is 9.74. The van der Waals surface area contributed by atoms with Gasteiger partial charge in [-0.05, 0) is 24.1 Å². The number of alkyl halides is 3. The van der Waals surface area contributed by atoms with E-state index in [2.05, 4.69) is 0 Å². The lowest BCUT2D eigenvalue weighted by Gasteiger charge is -2.33. The summed E-state index contributed by atoms with van der Waals surface area (Å²) in [5.74, 6) is -1.41. The number of carbonyl (C=O) groups excluding carboxylic acids is 1. The minimum Gasteiger partial charge on any atom is -0.484 e. The molecule has 6 nitrogen and oxygen atoms in total. The van der Waals surface area contributed by atoms with Crippen LogP contribution in [0.1, 0.15) is 12.0 Å². The first kappa shape index (κ1) is 19.5. The van der Waals surface area contributed by atoms with Crippen molar-refractivity contribution in [1.82, 2.24) is 4.90 Å². The minimum absolute atomic E-state index is 0.0307. The molecule has 0 aromatic heterocycles. The number of hydrogen-bond donors (Lipinski definition) is 1. The van der Waals surface area contributed by atoms with E-state index < -0.39 is 24.2 Å². The van der Waals surface area contributed by atoms with Crippen molar-refractivity contribution in [2.75, 3.05) is 32.9 Å². The number of carboxylic acids is 1. The van der Waals surface area contributed by atoms with E-state index in [-0.39, 0.29) is 30.5 Å². The normalized spacial score (nSPS) is 25.1. The average Bonchev–Trinajstić information content (AvgIpc) is 3.01. The Labute approximate surface area is 153 Å². The Hall–Kier alpha value is -2.29. The third kappa shape index (κ3) is 4.35. The van der Waals surface area contributed by atoms with E-state index in [1.165, 1.54) is 23.1 Å². The lowest BCUT2D eigenvalue weighted by Crippen LogP contribution is -2.45. The number of ether oxygens (including phenoxy) is 2. The maximum absolute atomic E-state index is 12.6. The highest BCUT2D eigenvalue weighted by molar-refractivity contribution is 5.82. The van der Waals surface area contributed by atoms with Gasteiger partial charge in [-0.3, -0.25) is 9.59 Å². The molecule has 2 aliphatic rings. The van der Waals surface area contributed by atoms with Crippen molar-refractivity contribution in [1.29, 1.82) is 0 Å². The van der Waals surface area contributed by atoms with Crippen LogP contribution in [-0.2, 0) is 20.7 Å². The summed E-state index contributed by atoms with van der Waals surface area (Å²) in [6.07, 6.45) is -4.12. The first-order valence-corrected chi connectivity index (χ1v) is 8.57. The summed E-state index contributed by atoms with van der Waals surface area (Å²) in [6, 6.07) is 5.92. The SMILES string of the molecule is O=C(Cc1cccc(OCC(F)(F)F)c1)N1C[C@H]2COCC[C@@]2(C(=O)O)C1. The Kier molecular flexibility index (Phi) is 5.32. The molecule has 1 amide bonds. The van der Waals surface area contributed by atoms with Crippen molar-refractivity contribution in [2.45, 2.75) is 19.0 Å². The van der Waals surface area contributed by atoms with Gasteiger partial charge < -0.3 is 19.5 Å². The molecule has 2 fully saturated rings. The highest BCUT2D eigenvalue weighted by Crippen LogP contribution is 2.42. The van der Waals surface area contributed by atoms with Crippen molar-refractivity contribution in [3.8, 4) is 5.75 Å². The maximum Gasteiger partial charge on any atom is 0.422 e. The summed E-state index contributed by atoms with van der Waals surface area (Å²) in [4.78, 5) is 25.9. The van der Waals surface area contributed by atoms with Gasteiger partial charge >= 0.3 is 12.1 Å². The van der Waals surface area contributed by atoms with E-state index in [9.17, 15) is 27.9 Å². The number of rotatable bonds is 5. The first-order valence-electron chi connectivity index (χ1n) is 8.57. The number of carboxylic acid groups (broad SMARTS) is 1. The molecule has 2 saturated heterocycles. The zero-order valence-corrected chi connectivity index (χ0v) is 14.5. The number of amides is 1. The van der Waals surface area contributed by atoms with Crippen LogP contribution in [0, 0.1) is 11.3 Å². The Morgan fingerprint density at radius 1 is 1.37 bits per heavy atom. The van der Waals surface area contributed by atoms with Gasteiger partial charge in [0.25, 0.3) is 0 Å². The Balaban J connectivity index is 1.65. The number of aliphatic carboxylic acids is 1. The van der Waals surface area contributed by atoms with Crippen LogP contribution < -0.4 is 4.74 Å². The number of benzene rings is 1. The highest BCUT2D eigenvalue weighted by Gasteiger charge is 2.54. The molecular formula is C18H20F3NO5. The second-order valence-corrected chi connectivity index (χ2v) is 6.99. The van der Waals surface area contributed by atoms with Gasteiger partial charge in [0.05, 0.1) is 18.4 Å². The van der Waals surface area contributed by atoms with Crippen LogP contribution in [0.4, 0.5) is 13.2 Å². The summed E-state index contributed by atoms with van der Waals surface area (Å²) in [7, 11) is 0. The van der Waals surface area contributed by atoms with Crippen LogP contribution in [-0.4, -0.2) is 61.0 Å². The number of nitrogens with zero attached hydrogens (tertiary/aromatic N) is 1. The molecule has 0 spiro atoms. The number of fused-ring (bicyclic) bond motifs is 1. The number of carbonyl (C=O) groups is 2. The summed E-state index contributed by atoms with van der Waals surface area (Å²) in [5, 5.41) is 9.65. The molecule has 1 aromatic carbocycles. The van der Waals surface area contributed by atoms with E-state index in [1.54, 1.807) is 6.07 Å². The number of halogens is 3. The van der Waals surface area contributed by atoms with E-state index in [0.29, 0.717) is 31.7 Å². The van der Waals surface area contributed by atoms with Gasteiger partial charge in [-0.25, -0.2) is 0 Å². The van der Waals surface area contributed by atoms with Gasteiger partial charge in [0.2, 0.25) is 5.91 Å². The van der Waals surface area contributed by atoms with E-state index in [0.717, 1.165) is 0 Å². The third-order valence-corrected chi connectivity index (χ3v) is 5.14. The van der Waals surface area contributed by atoms with Crippen molar-refractivity contribution >= 4 is 11.9 Å². The Morgan fingerprint density at radius 2 is 2.15 bits per heavy atom. The van der Waals surface area contributed by atoms with Crippen LogP contribution >= 0.6 is 0 Å². The summed E-state index contributed by atoms with van der Waals surface area (Å²) in [5.41, 5.74) is -0.471. The summed E-state index contributed by atoms with van der Waals surface area (Å²) >= 11 is 0. The van der Waals surface area contributed by atoms with Crippen molar-refractivity contribution in [3.63, 3.8) is 0 Å². The predicted molar refractivity (Wildman–Crippen MR) is 87.3 cm³/mol. The van der Waals surface area contributed by atoms with Gasteiger partial charge in [0.15, 0.2) is 6.61 Å². The van der Waals surface area contributed by atoms with Crippen molar-refractivity contribution in [2.24, 2.45) is 11.3 Å². The molecule has 2 heterocycles. The van der Waals surface area contributed by atoms with Crippen molar-refractivity contribution < 1.29 is 37.3 Å². The highest BCUT2D eigenvalue weighted by atomic mass is 19.4. The van der Waals surface area contributed by atoms with Crippen molar-refractivity contribution in [3.05, 3.63) is 29.8 Å². The lowest BCUT2D eigenvalue weighted by molar-refractivity contribution is -0.157. The molecule has 1 N–H and O–H groups in total. The van der Waals surface area contributed by atoms with Gasteiger partial charge in [0, 0.05) is 25.6 Å². The molecule has 0 saturated carbocycles. The summed E-state index contributed by atoms with van der Waals surface area (Å²) < 4.78 is 46.8. The van der Waals surface area contributed by atoms with Gasteiger partial charge in [-0.2, -0.15) is 13.2 Å². The topological polar surface area (TPSA) is 76.1 Å². The minimum atomic E-state index is -4.44. The molecule has 0 unspecified atom stereocenters. The molecule has 0 radical (unpaired) electrons. The van der Waals surface area contributed by atoms with Gasteiger partial charge in [-0.1, -0.05) is 12.1 Å². The maximum atomic E-state index is 12.6. The molecule has 0 bridgehead atoms. The van der Waals surface area contributed by atoms with Crippen LogP contribution in [0.2, 0.25) is 0 Å². The quantitative estimate of drug-likeness (QED) is 0.838. The first-order chi connectivity index (χ1) is 12.7. The summed E-state index contributed by atoms with van der Waals surface area (Å²) in [6.45, 7) is -0.325. The van der Waals surface area contributed by atoms with E-state index in [4.69, 9.17) is 9.47 Å². The molecule has 1 aromatic rings. The molecule has 27 heavy (non-hydrogen) atoms. The number of likely N-dealkylation sites (tertiary alicyclic amines) is 1. The standard InChI is InChI=1S/C18H20F3NO5/c19-18(20,21)11-27-14-3-1-2-12(6-14)7-15(23)22-8-13-9-26-5-4-17(13,10-22)16(24)25/h1-3,6,13H,4-5,7-11H2,(H,24,25)/t13-,17+/m0/s1. The predicted octanol–water partition coefficient (Wildman–Crippen LogP) is 2.12. The van der Waals surface area contributed by atoms with Gasteiger partial charge in [0.1, 0.15) is 5.75 Å². The zero-order chi connectivity index (χ0) is 19.7. The second kappa shape index (κ2) is 7.38. The monoisotopic (exact) mass is 387 g/mol. The molecule has 0 aliphatic carbocycles. The molecule has 2 atom stereocenters. The third-order valence-electron chi connectivity index (χ3n) is 5.14. The Morgan fingerprint density at radius 3 is 2.81 bits per heavy atom. The molecule has 9 heteroatoms. The fraction of sp³-hybridized carbons (Fsp3) is 0.556. The molecule has 2 aliphatic heterocycles. The average molecular weight is 387 g/mol. The Bertz CT molecular complexity index is 723. The molecule has 3 rings (SSSR count). The molecule has 148 valence electrons. The largest absolute Gasteiger partial charge is 0.484 e. The number of hydrogen-bond acceptors (Lipinski definition) is 4. The molecular weight excluding hydrogens is 367 g/mol. The fourth-order valence-electron chi connectivity index (χ4n) is 3.69. The van der Waals surface area contributed by atoms with E-state index >= 15 is 0 Å². The van der Waals surface area contributed by atoms with Crippen LogP contribution in [0.25, 0.3) is 0 Å². The zero-order valence-electron chi connectivity index (χ0n) is 14.5. The van der Waals surface area contributed by atoms with Crippen LogP contribution in [0.15, 0.2) is 24.3 Å². The van der Waals surface area contributed by atoms with E-state index in [1.807, 2.05) is 0 Å². The second-order valence-electron chi connectivity index (χ2n) is 6.99. The van der Waals surface area contributed by atoms with Gasteiger partial charge in [-0.15, -0.1) is 0 Å². The van der Waals surface area contributed by atoms with Crippen LogP contribution in [0.5, 0.6) is 5.75 Å². The fourth-order valence-corrected chi connectivity index (χ4v) is 3.69.